The first-order valence-corrected chi connectivity index (χ1v) is 13.4. The Morgan fingerprint density at radius 2 is 1.57 bits per heavy atom. The second kappa shape index (κ2) is 8.62. The molecule has 0 N–H and O–H groups in total. The fourth-order valence-electron chi connectivity index (χ4n) is 5.11. The van der Waals surface area contributed by atoms with Gasteiger partial charge >= 0.3 is 0 Å². The number of hydrogen-bond acceptors (Lipinski definition) is 5. The number of sulfonamides is 1. The van der Waals surface area contributed by atoms with E-state index in [0.29, 0.717) is 23.8 Å². The molecule has 0 radical (unpaired) electrons. The average Bonchev–Trinajstić information content (AvgIpc) is 3.24. The van der Waals surface area contributed by atoms with Crippen molar-refractivity contribution in [2.45, 2.75) is 32.2 Å². The van der Waals surface area contributed by atoms with Crippen LogP contribution in [0.2, 0.25) is 0 Å². The fraction of sp³-hybridized carbons (Fsp3) is 0.259. The highest BCUT2D eigenvalue weighted by atomic mass is 32.2. The van der Waals surface area contributed by atoms with Gasteiger partial charge < -0.3 is 4.90 Å². The Morgan fingerprint density at radius 3 is 2.29 bits per heavy atom. The smallest absolute Gasteiger partial charge is 0.244 e. The fourth-order valence-corrected chi connectivity index (χ4v) is 6.64. The van der Waals surface area contributed by atoms with Gasteiger partial charge in [-0.15, -0.1) is 0 Å². The normalized spacial score (nSPS) is 20.1. The number of nitrogens with zero attached hydrogens (tertiary/aromatic N) is 5. The van der Waals surface area contributed by atoms with Crippen molar-refractivity contribution in [1.29, 1.82) is 0 Å². The SMILES string of the molecule is Cc1nn(-c2ccccc2)c2c1[C@@H](c1ccccc1)N1C=C(S(=O)(=O)N3CCCCC3)C=CC1=N2. The van der Waals surface area contributed by atoms with E-state index in [1.165, 1.54) is 0 Å². The molecule has 1 fully saturated rings. The van der Waals surface area contributed by atoms with E-state index < -0.39 is 10.0 Å². The van der Waals surface area contributed by atoms with Crippen molar-refractivity contribution < 1.29 is 8.42 Å². The molecule has 0 amide bonds. The molecule has 1 saturated heterocycles. The van der Waals surface area contributed by atoms with Crippen LogP contribution in [-0.2, 0) is 10.0 Å². The monoisotopic (exact) mass is 485 g/mol. The van der Waals surface area contributed by atoms with Crippen molar-refractivity contribution >= 4 is 21.7 Å². The summed E-state index contributed by atoms with van der Waals surface area (Å²) in [4.78, 5) is 7.26. The zero-order valence-corrected chi connectivity index (χ0v) is 20.4. The molecule has 3 aliphatic heterocycles. The Kier molecular flexibility index (Phi) is 5.42. The zero-order chi connectivity index (χ0) is 24.0. The van der Waals surface area contributed by atoms with E-state index in [1.54, 1.807) is 16.6 Å². The molecule has 7 nitrogen and oxygen atoms in total. The van der Waals surface area contributed by atoms with Gasteiger partial charge in [-0.2, -0.15) is 9.40 Å². The quantitative estimate of drug-likeness (QED) is 0.530. The lowest BCUT2D eigenvalue weighted by atomic mass is 9.95. The summed E-state index contributed by atoms with van der Waals surface area (Å²) >= 11 is 0. The molecule has 4 heterocycles. The predicted molar refractivity (Wildman–Crippen MR) is 137 cm³/mol. The number of aromatic nitrogens is 2. The molecule has 0 bridgehead atoms. The van der Waals surface area contributed by atoms with Crippen LogP contribution in [0, 0.1) is 6.92 Å². The van der Waals surface area contributed by atoms with E-state index in [-0.39, 0.29) is 6.04 Å². The van der Waals surface area contributed by atoms with Gasteiger partial charge in [0.1, 0.15) is 5.84 Å². The molecule has 8 heteroatoms. The Balaban J connectivity index is 1.51. The second-order valence-corrected chi connectivity index (χ2v) is 11.0. The molecule has 0 saturated carbocycles. The summed E-state index contributed by atoms with van der Waals surface area (Å²) < 4.78 is 30.5. The van der Waals surface area contributed by atoms with Crippen LogP contribution in [0.5, 0.6) is 0 Å². The van der Waals surface area contributed by atoms with Gasteiger partial charge in [-0.3, -0.25) is 0 Å². The summed E-state index contributed by atoms with van der Waals surface area (Å²) in [5.41, 5.74) is 3.83. The first-order chi connectivity index (χ1) is 17.0. The molecule has 6 rings (SSSR count). The highest BCUT2D eigenvalue weighted by Gasteiger charge is 2.38. The van der Waals surface area contributed by atoms with E-state index in [0.717, 1.165) is 47.6 Å². The number of piperidine rings is 1. The number of aryl methyl sites for hydroxylation is 1. The number of hydrogen-bond donors (Lipinski definition) is 0. The minimum absolute atomic E-state index is 0.243. The highest BCUT2D eigenvalue weighted by Crippen LogP contribution is 2.44. The van der Waals surface area contributed by atoms with Gasteiger partial charge in [0.2, 0.25) is 10.0 Å². The van der Waals surface area contributed by atoms with E-state index in [4.69, 9.17) is 10.1 Å². The topological polar surface area (TPSA) is 70.8 Å². The van der Waals surface area contributed by atoms with Crippen molar-refractivity contribution in [2.75, 3.05) is 13.1 Å². The van der Waals surface area contributed by atoms with Gasteiger partial charge in [-0.05, 0) is 49.6 Å². The van der Waals surface area contributed by atoms with Crippen LogP contribution in [0.15, 0.2) is 88.9 Å². The molecule has 178 valence electrons. The molecule has 0 unspecified atom stereocenters. The number of fused-ring (bicyclic) bond motifs is 2. The van der Waals surface area contributed by atoms with Crippen LogP contribution in [0.1, 0.15) is 42.1 Å². The summed E-state index contributed by atoms with van der Waals surface area (Å²) in [5.74, 6) is 1.47. The molecule has 1 aromatic heterocycles. The maximum atomic E-state index is 13.5. The number of rotatable bonds is 4. The van der Waals surface area contributed by atoms with Crippen molar-refractivity contribution in [3.05, 3.63) is 101 Å². The molecule has 2 aromatic carbocycles. The number of para-hydroxylation sites is 1. The summed E-state index contributed by atoms with van der Waals surface area (Å²) in [5, 5.41) is 4.85. The zero-order valence-electron chi connectivity index (χ0n) is 19.6. The van der Waals surface area contributed by atoms with Crippen molar-refractivity contribution in [1.82, 2.24) is 19.0 Å². The lowest BCUT2D eigenvalue weighted by Crippen LogP contribution is -2.39. The molecule has 1 atom stereocenters. The Bertz CT molecular complexity index is 1450. The van der Waals surface area contributed by atoms with Crippen molar-refractivity contribution in [3.8, 4) is 5.69 Å². The van der Waals surface area contributed by atoms with Crippen LogP contribution in [0.4, 0.5) is 5.82 Å². The minimum Gasteiger partial charge on any atom is -0.320 e. The van der Waals surface area contributed by atoms with Crippen LogP contribution in [0.3, 0.4) is 0 Å². The van der Waals surface area contributed by atoms with Gasteiger partial charge in [-0.25, -0.2) is 18.1 Å². The van der Waals surface area contributed by atoms with Gasteiger partial charge in [0, 0.05) is 24.9 Å². The van der Waals surface area contributed by atoms with Crippen molar-refractivity contribution in [3.63, 3.8) is 0 Å². The lowest BCUT2D eigenvalue weighted by Gasteiger charge is -2.37. The highest BCUT2D eigenvalue weighted by molar-refractivity contribution is 7.93. The first kappa shape index (κ1) is 22.0. The predicted octanol–water partition coefficient (Wildman–Crippen LogP) is 4.84. The Morgan fingerprint density at radius 1 is 0.886 bits per heavy atom. The third-order valence-electron chi connectivity index (χ3n) is 6.85. The van der Waals surface area contributed by atoms with Gasteiger partial charge in [0.25, 0.3) is 0 Å². The van der Waals surface area contributed by atoms with Crippen LogP contribution in [-0.4, -0.2) is 46.3 Å². The minimum atomic E-state index is -3.58. The first-order valence-electron chi connectivity index (χ1n) is 12.0. The molecule has 3 aliphatic rings. The molecular formula is C27H27N5O2S. The van der Waals surface area contributed by atoms with Gasteiger partial charge in [0.05, 0.1) is 22.3 Å². The standard InChI is InChI=1S/C27H27N5O2S/c1-20-25-26(21-11-5-2-6-12-21)31-19-23(35(33,34)30-17-9-4-10-18-30)15-16-24(31)28-27(25)32(29-20)22-13-7-3-8-14-22/h2-3,5-8,11-16,19,26H,4,9-10,17-18H2,1H3/t26-/m1/s1. The van der Waals surface area contributed by atoms with E-state index in [2.05, 4.69) is 12.1 Å². The maximum absolute atomic E-state index is 13.5. The maximum Gasteiger partial charge on any atom is 0.244 e. The third-order valence-corrected chi connectivity index (χ3v) is 8.73. The molecule has 0 aliphatic carbocycles. The number of aliphatic imine (C=N–C) groups is 1. The molecule has 35 heavy (non-hydrogen) atoms. The van der Waals surface area contributed by atoms with E-state index in [1.807, 2.05) is 71.1 Å². The summed E-state index contributed by atoms with van der Waals surface area (Å²) in [6, 6.07) is 19.9. The Labute approximate surface area is 205 Å². The molecule has 0 spiro atoms. The van der Waals surface area contributed by atoms with E-state index in [9.17, 15) is 8.42 Å². The third kappa shape index (κ3) is 3.73. The lowest BCUT2D eigenvalue weighted by molar-refractivity contribution is 0.349. The largest absolute Gasteiger partial charge is 0.320 e. The number of allylic oxidation sites excluding steroid dienone is 1. The summed E-state index contributed by atoms with van der Waals surface area (Å²) in [6.07, 6.45) is 8.13. The number of benzene rings is 2. The van der Waals surface area contributed by atoms with E-state index >= 15 is 0 Å². The molecule has 3 aromatic rings. The average molecular weight is 486 g/mol. The van der Waals surface area contributed by atoms with Crippen molar-refractivity contribution in [2.24, 2.45) is 4.99 Å². The molecular weight excluding hydrogens is 458 g/mol. The van der Waals surface area contributed by atoms with Gasteiger partial charge in [0.15, 0.2) is 5.82 Å². The Hall–Kier alpha value is -3.49. The van der Waals surface area contributed by atoms with Gasteiger partial charge in [-0.1, -0.05) is 55.0 Å². The summed E-state index contributed by atoms with van der Waals surface area (Å²) in [6.45, 7) is 3.14. The van der Waals surface area contributed by atoms with Crippen LogP contribution in [0.25, 0.3) is 5.69 Å². The van der Waals surface area contributed by atoms with Crippen LogP contribution >= 0.6 is 0 Å². The summed E-state index contributed by atoms with van der Waals surface area (Å²) in [7, 11) is -3.58. The number of amidine groups is 1. The second-order valence-electron chi connectivity index (χ2n) is 9.09. The van der Waals surface area contributed by atoms with Crippen LogP contribution < -0.4 is 0 Å².